The molecule has 2 rings (SSSR count). The van der Waals surface area contributed by atoms with Gasteiger partial charge in [0.05, 0.1) is 11.7 Å². The fourth-order valence-electron chi connectivity index (χ4n) is 1.39. The van der Waals surface area contributed by atoms with Crippen LogP contribution in [0, 0.1) is 0 Å². The van der Waals surface area contributed by atoms with Crippen LogP contribution in [0.3, 0.4) is 0 Å². The normalized spacial score (nSPS) is 12.7. The highest BCUT2D eigenvalue weighted by Gasteiger charge is 2.09. The van der Waals surface area contributed by atoms with Crippen LogP contribution in [0.4, 0.5) is 0 Å². The molecule has 0 radical (unpaired) electrons. The highest BCUT2D eigenvalue weighted by atomic mass is 35.5. The van der Waals surface area contributed by atoms with Crippen molar-refractivity contribution in [2.45, 2.75) is 19.4 Å². The number of benzene rings is 1. The first kappa shape index (κ1) is 11.6. The molecule has 1 unspecified atom stereocenters. The highest BCUT2D eigenvalue weighted by molar-refractivity contribution is 7.10. The van der Waals surface area contributed by atoms with E-state index in [-0.39, 0.29) is 6.04 Å². The lowest BCUT2D eigenvalue weighted by molar-refractivity contribution is 0.693. The maximum atomic E-state index is 5.94. The molecular formula is C12H13ClN2S. The number of thiazole rings is 1. The van der Waals surface area contributed by atoms with E-state index >= 15 is 0 Å². The molecule has 84 valence electrons. The van der Waals surface area contributed by atoms with Crippen molar-refractivity contribution in [2.24, 2.45) is 5.73 Å². The van der Waals surface area contributed by atoms with E-state index in [2.05, 4.69) is 11.9 Å². The number of hydrogen-bond acceptors (Lipinski definition) is 3. The van der Waals surface area contributed by atoms with Gasteiger partial charge in [-0.2, -0.15) is 0 Å². The molecule has 2 aromatic rings. The molecule has 1 atom stereocenters. The minimum Gasteiger partial charge on any atom is -0.322 e. The molecule has 0 aliphatic carbocycles. The van der Waals surface area contributed by atoms with Crippen LogP contribution in [0.15, 0.2) is 29.6 Å². The molecule has 1 heterocycles. The van der Waals surface area contributed by atoms with Gasteiger partial charge in [-0.3, -0.25) is 0 Å². The van der Waals surface area contributed by atoms with Crippen molar-refractivity contribution in [3.05, 3.63) is 39.7 Å². The molecular weight excluding hydrogens is 240 g/mol. The summed E-state index contributed by atoms with van der Waals surface area (Å²) in [5, 5.41) is 3.77. The van der Waals surface area contributed by atoms with E-state index in [0.717, 1.165) is 27.7 Å². The van der Waals surface area contributed by atoms with Gasteiger partial charge in [0, 0.05) is 16.0 Å². The second-order valence-electron chi connectivity index (χ2n) is 3.59. The van der Waals surface area contributed by atoms with Crippen molar-refractivity contribution in [1.82, 2.24) is 4.98 Å². The van der Waals surface area contributed by atoms with Gasteiger partial charge in [0.25, 0.3) is 0 Å². The van der Waals surface area contributed by atoms with E-state index in [9.17, 15) is 0 Å². The summed E-state index contributed by atoms with van der Waals surface area (Å²) in [6.45, 7) is 2.06. The second-order valence-corrected chi connectivity index (χ2v) is 4.92. The van der Waals surface area contributed by atoms with Crippen molar-refractivity contribution in [3.8, 4) is 11.3 Å². The molecule has 0 aliphatic rings. The Bertz CT molecular complexity index is 464. The van der Waals surface area contributed by atoms with Crippen molar-refractivity contribution in [1.29, 1.82) is 0 Å². The van der Waals surface area contributed by atoms with Crippen LogP contribution in [0.2, 0.25) is 5.02 Å². The Hall–Kier alpha value is -0.900. The van der Waals surface area contributed by atoms with Crippen LogP contribution >= 0.6 is 22.9 Å². The molecule has 0 fully saturated rings. The Morgan fingerprint density at radius 3 is 2.69 bits per heavy atom. The van der Waals surface area contributed by atoms with Crippen molar-refractivity contribution in [3.63, 3.8) is 0 Å². The molecule has 2 N–H and O–H groups in total. The van der Waals surface area contributed by atoms with Crippen LogP contribution in [0.1, 0.15) is 24.4 Å². The first-order chi connectivity index (χ1) is 7.70. The lowest BCUT2D eigenvalue weighted by atomic mass is 10.2. The molecule has 4 heteroatoms. The summed E-state index contributed by atoms with van der Waals surface area (Å²) < 4.78 is 0. The standard InChI is InChI=1S/C12H13ClN2S/c1-2-10(14)12-15-11(7-16-12)8-3-5-9(13)6-4-8/h3-7,10H,2,14H2,1H3. The van der Waals surface area contributed by atoms with E-state index in [1.807, 2.05) is 29.6 Å². The zero-order valence-electron chi connectivity index (χ0n) is 8.98. The average Bonchev–Trinajstić information content (AvgIpc) is 2.78. The Balaban J connectivity index is 2.28. The summed E-state index contributed by atoms with van der Waals surface area (Å²) in [6.07, 6.45) is 0.910. The minimum atomic E-state index is 0.0473. The van der Waals surface area contributed by atoms with Gasteiger partial charge in [-0.15, -0.1) is 11.3 Å². The smallest absolute Gasteiger partial charge is 0.110 e. The zero-order chi connectivity index (χ0) is 11.5. The van der Waals surface area contributed by atoms with Gasteiger partial charge < -0.3 is 5.73 Å². The molecule has 0 amide bonds. The van der Waals surface area contributed by atoms with Gasteiger partial charge in [-0.1, -0.05) is 30.7 Å². The van der Waals surface area contributed by atoms with Gasteiger partial charge in [-0.05, 0) is 18.6 Å². The molecule has 0 saturated heterocycles. The van der Waals surface area contributed by atoms with Gasteiger partial charge in [-0.25, -0.2) is 4.98 Å². The third-order valence-electron chi connectivity index (χ3n) is 2.42. The van der Waals surface area contributed by atoms with Gasteiger partial charge >= 0.3 is 0 Å². The number of nitrogens with zero attached hydrogens (tertiary/aromatic N) is 1. The number of rotatable bonds is 3. The second kappa shape index (κ2) is 4.95. The van der Waals surface area contributed by atoms with E-state index in [1.165, 1.54) is 0 Å². The summed E-state index contributed by atoms with van der Waals surface area (Å²) in [7, 11) is 0. The molecule has 0 bridgehead atoms. The molecule has 16 heavy (non-hydrogen) atoms. The van der Waals surface area contributed by atoms with E-state index in [0.29, 0.717) is 0 Å². The monoisotopic (exact) mass is 252 g/mol. The molecule has 0 spiro atoms. The van der Waals surface area contributed by atoms with E-state index in [1.54, 1.807) is 11.3 Å². The first-order valence-corrected chi connectivity index (χ1v) is 6.43. The lowest BCUT2D eigenvalue weighted by Gasteiger charge is -2.02. The van der Waals surface area contributed by atoms with Crippen LogP contribution < -0.4 is 5.73 Å². The summed E-state index contributed by atoms with van der Waals surface area (Å²) in [5.41, 5.74) is 7.99. The number of halogens is 1. The maximum Gasteiger partial charge on any atom is 0.110 e. The Morgan fingerprint density at radius 2 is 2.06 bits per heavy atom. The van der Waals surface area contributed by atoms with Crippen molar-refractivity contribution >= 4 is 22.9 Å². The summed E-state index contributed by atoms with van der Waals surface area (Å²) in [4.78, 5) is 4.53. The third kappa shape index (κ3) is 2.43. The van der Waals surface area contributed by atoms with Gasteiger partial charge in [0.1, 0.15) is 5.01 Å². The molecule has 1 aromatic heterocycles. The summed E-state index contributed by atoms with van der Waals surface area (Å²) in [5.74, 6) is 0. The Morgan fingerprint density at radius 1 is 1.38 bits per heavy atom. The fourth-order valence-corrected chi connectivity index (χ4v) is 2.43. The van der Waals surface area contributed by atoms with E-state index < -0.39 is 0 Å². The summed E-state index contributed by atoms with van der Waals surface area (Å²) >= 11 is 7.45. The topological polar surface area (TPSA) is 38.9 Å². The molecule has 0 saturated carbocycles. The lowest BCUT2D eigenvalue weighted by Crippen LogP contribution is -2.07. The highest BCUT2D eigenvalue weighted by Crippen LogP contribution is 2.26. The van der Waals surface area contributed by atoms with Crippen molar-refractivity contribution < 1.29 is 0 Å². The number of hydrogen-bond donors (Lipinski definition) is 1. The van der Waals surface area contributed by atoms with Crippen molar-refractivity contribution in [2.75, 3.05) is 0 Å². The van der Waals surface area contributed by atoms with E-state index in [4.69, 9.17) is 17.3 Å². The average molecular weight is 253 g/mol. The molecule has 2 nitrogen and oxygen atoms in total. The first-order valence-electron chi connectivity index (χ1n) is 5.17. The zero-order valence-corrected chi connectivity index (χ0v) is 10.6. The minimum absolute atomic E-state index is 0.0473. The predicted molar refractivity (Wildman–Crippen MR) is 69.8 cm³/mol. The fraction of sp³-hybridized carbons (Fsp3) is 0.250. The Kier molecular flexibility index (Phi) is 3.59. The largest absolute Gasteiger partial charge is 0.322 e. The predicted octanol–water partition coefficient (Wildman–Crippen LogP) is 3.87. The number of nitrogens with two attached hydrogens (primary N) is 1. The van der Waals surface area contributed by atoms with Crippen LogP contribution in [-0.4, -0.2) is 4.98 Å². The SMILES string of the molecule is CCC(N)c1nc(-c2ccc(Cl)cc2)cs1. The maximum absolute atomic E-state index is 5.94. The molecule has 0 aliphatic heterocycles. The third-order valence-corrected chi connectivity index (χ3v) is 3.65. The molecule has 1 aromatic carbocycles. The van der Waals surface area contributed by atoms with Crippen LogP contribution in [0.25, 0.3) is 11.3 Å². The van der Waals surface area contributed by atoms with Gasteiger partial charge in [0.2, 0.25) is 0 Å². The Labute approximate surface area is 104 Å². The van der Waals surface area contributed by atoms with Crippen LogP contribution in [0.5, 0.6) is 0 Å². The number of aromatic nitrogens is 1. The van der Waals surface area contributed by atoms with Gasteiger partial charge in [0.15, 0.2) is 0 Å². The summed E-state index contributed by atoms with van der Waals surface area (Å²) in [6, 6.07) is 7.73. The van der Waals surface area contributed by atoms with Crippen LogP contribution in [-0.2, 0) is 0 Å². The quantitative estimate of drug-likeness (QED) is 0.901.